The van der Waals surface area contributed by atoms with Crippen molar-refractivity contribution in [1.29, 1.82) is 0 Å². The monoisotopic (exact) mass is 282 g/mol. The van der Waals surface area contributed by atoms with E-state index in [4.69, 9.17) is 4.74 Å². The summed E-state index contributed by atoms with van der Waals surface area (Å²) >= 11 is 1.41. The van der Waals surface area contributed by atoms with E-state index < -0.39 is 11.6 Å². The number of Topliss-reactive ketones (excluding diaryl/α,β-unsaturated/α-hetero) is 1. The summed E-state index contributed by atoms with van der Waals surface area (Å²) in [7, 11) is 0. The molecule has 1 aromatic carbocycles. The second-order valence-electron chi connectivity index (χ2n) is 3.93. The van der Waals surface area contributed by atoms with Gasteiger partial charge in [0.1, 0.15) is 5.75 Å². The predicted octanol–water partition coefficient (Wildman–Crippen LogP) is 4.07. The Bertz CT molecular complexity index is 553. The summed E-state index contributed by atoms with van der Waals surface area (Å²) in [5.41, 5.74) is 0. The molecule has 0 N–H and O–H groups in total. The van der Waals surface area contributed by atoms with E-state index in [9.17, 15) is 13.6 Å². The number of carbonyl (C=O) groups excluding carboxylic acids is 1. The van der Waals surface area contributed by atoms with E-state index in [0.29, 0.717) is 19.4 Å². The van der Waals surface area contributed by atoms with Crippen molar-refractivity contribution >= 4 is 17.1 Å². The van der Waals surface area contributed by atoms with Crippen LogP contribution in [0, 0.1) is 11.6 Å². The van der Waals surface area contributed by atoms with E-state index in [-0.39, 0.29) is 11.5 Å². The SMILES string of the molecule is O=C(CCCOc1ccc(F)c(F)c1)c1cccs1. The number of ether oxygens (including phenoxy) is 1. The third-order valence-corrected chi connectivity index (χ3v) is 3.41. The van der Waals surface area contributed by atoms with Crippen LogP contribution in [-0.4, -0.2) is 12.4 Å². The fraction of sp³-hybridized carbons (Fsp3) is 0.214. The summed E-state index contributed by atoms with van der Waals surface area (Å²) in [5.74, 6) is -1.50. The van der Waals surface area contributed by atoms with Crippen LogP contribution in [0.4, 0.5) is 8.78 Å². The Morgan fingerprint density at radius 2 is 2.05 bits per heavy atom. The highest BCUT2D eigenvalue weighted by atomic mass is 32.1. The molecule has 0 aliphatic rings. The van der Waals surface area contributed by atoms with Crippen molar-refractivity contribution in [3.8, 4) is 5.75 Å². The number of carbonyl (C=O) groups is 1. The Morgan fingerprint density at radius 3 is 2.74 bits per heavy atom. The molecule has 0 atom stereocenters. The molecule has 0 radical (unpaired) electrons. The number of rotatable bonds is 6. The van der Waals surface area contributed by atoms with Crippen molar-refractivity contribution in [1.82, 2.24) is 0 Å². The summed E-state index contributed by atoms with van der Waals surface area (Å²) in [6, 6.07) is 6.98. The summed E-state index contributed by atoms with van der Waals surface area (Å²) in [5, 5.41) is 1.85. The average Bonchev–Trinajstić information content (AvgIpc) is 2.92. The number of halogens is 2. The molecule has 0 aliphatic heterocycles. The number of hydrogen-bond acceptors (Lipinski definition) is 3. The van der Waals surface area contributed by atoms with E-state index in [2.05, 4.69) is 0 Å². The van der Waals surface area contributed by atoms with Gasteiger partial charge in [-0.05, 0) is 30.0 Å². The van der Waals surface area contributed by atoms with Gasteiger partial charge in [-0.15, -0.1) is 11.3 Å². The van der Waals surface area contributed by atoms with E-state index in [1.807, 2.05) is 11.4 Å². The molecule has 1 heterocycles. The molecule has 0 spiro atoms. The van der Waals surface area contributed by atoms with E-state index in [1.54, 1.807) is 6.07 Å². The third kappa shape index (κ3) is 3.86. The molecule has 0 bridgehead atoms. The zero-order valence-electron chi connectivity index (χ0n) is 10.1. The van der Waals surface area contributed by atoms with Crippen molar-refractivity contribution in [3.05, 3.63) is 52.2 Å². The minimum atomic E-state index is -0.938. The first kappa shape index (κ1) is 13.7. The number of hydrogen-bond donors (Lipinski definition) is 0. The van der Waals surface area contributed by atoms with Crippen LogP contribution >= 0.6 is 11.3 Å². The lowest BCUT2D eigenvalue weighted by Gasteiger charge is -2.05. The van der Waals surface area contributed by atoms with Gasteiger partial charge in [0, 0.05) is 12.5 Å². The maximum atomic E-state index is 12.9. The smallest absolute Gasteiger partial charge is 0.172 e. The second kappa shape index (κ2) is 6.43. The van der Waals surface area contributed by atoms with Gasteiger partial charge in [0.15, 0.2) is 17.4 Å². The highest BCUT2D eigenvalue weighted by molar-refractivity contribution is 7.12. The topological polar surface area (TPSA) is 26.3 Å². The Hall–Kier alpha value is -1.75. The molecule has 0 saturated heterocycles. The van der Waals surface area contributed by atoms with Gasteiger partial charge in [-0.3, -0.25) is 4.79 Å². The molecule has 0 aliphatic carbocycles. The maximum absolute atomic E-state index is 12.9. The lowest BCUT2D eigenvalue weighted by molar-refractivity contribution is 0.0977. The predicted molar refractivity (Wildman–Crippen MR) is 69.7 cm³/mol. The molecular weight excluding hydrogens is 270 g/mol. The molecule has 100 valence electrons. The molecule has 19 heavy (non-hydrogen) atoms. The first-order valence-corrected chi connectivity index (χ1v) is 6.69. The summed E-state index contributed by atoms with van der Waals surface area (Å²) in [4.78, 5) is 12.4. The lowest BCUT2D eigenvalue weighted by Crippen LogP contribution is -2.03. The highest BCUT2D eigenvalue weighted by Crippen LogP contribution is 2.16. The van der Waals surface area contributed by atoms with Crippen molar-refractivity contribution in [3.63, 3.8) is 0 Å². The van der Waals surface area contributed by atoms with Crippen molar-refractivity contribution in [2.75, 3.05) is 6.61 Å². The molecule has 5 heteroatoms. The molecule has 2 aromatic rings. The Kier molecular flexibility index (Phi) is 4.63. The summed E-state index contributed by atoms with van der Waals surface area (Å²) in [6.07, 6.45) is 0.917. The minimum absolute atomic E-state index is 0.0730. The molecule has 0 fully saturated rings. The van der Waals surface area contributed by atoms with E-state index >= 15 is 0 Å². The van der Waals surface area contributed by atoms with Gasteiger partial charge in [0.05, 0.1) is 11.5 Å². The fourth-order valence-corrected chi connectivity index (χ4v) is 2.24. The van der Waals surface area contributed by atoms with Crippen LogP contribution in [0.5, 0.6) is 5.75 Å². The van der Waals surface area contributed by atoms with Crippen LogP contribution in [-0.2, 0) is 0 Å². The molecule has 0 unspecified atom stereocenters. The highest BCUT2D eigenvalue weighted by Gasteiger charge is 2.07. The minimum Gasteiger partial charge on any atom is -0.493 e. The maximum Gasteiger partial charge on any atom is 0.172 e. The van der Waals surface area contributed by atoms with Crippen LogP contribution in [0.2, 0.25) is 0 Å². The molecule has 0 amide bonds. The quantitative estimate of drug-likeness (QED) is 0.589. The molecule has 0 saturated carbocycles. The Labute approximate surface area is 113 Å². The fourth-order valence-electron chi connectivity index (χ4n) is 1.55. The standard InChI is InChI=1S/C14H12F2O2S/c15-11-6-5-10(9-12(11)16)18-7-1-3-13(17)14-4-2-8-19-14/h2,4-6,8-9H,1,3,7H2. The molecule has 1 aromatic heterocycles. The molecular formula is C14H12F2O2S. The van der Waals surface area contributed by atoms with Crippen LogP contribution in [0.1, 0.15) is 22.5 Å². The zero-order valence-corrected chi connectivity index (χ0v) is 10.9. The first-order chi connectivity index (χ1) is 9.16. The summed E-state index contributed by atoms with van der Waals surface area (Å²) < 4.78 is 30.8. The van der Waals surface area contributed by atoms with Gasteiger partial charge in [-0.1, -0.05) is 6.07 Å². The number of thiophene rings is 1. The van der Waals surface area contributed by atoms with Crippen LogP contribution < -0.4 is 4.74 Å². The van der Waals surface area contributed by atoms with Crippen LogP contribution in [0.15, 0.2) is 35.7 Å². The normalized spacial score (nSPS) is 10.4. The third-order valence-electron chi connectivity index (χ3n) is 2.50. The van der Waals surface area contributed by atoms with Gasteiger partial charge < -0.3 is 4.74 Å². The second-order valence-corrected chi connectivity index (χ2v) is 4.88. The Morgan fingerprint density at radius 1 is 1.21 bits per heavy atom. The largest absolute Gasteiger partial charge is 0.493 e. The Balaban J connectivity index is 1.75. The van der Waals surface area contributed by atoms with E-state index in [1.165, 1.54) is 17.4 Å². The van der Waals surface area contributed by atoms with Gasteiger partial charge in [0.25, 0.3) is 0 Å². The zero-order chi connectivity index (χ0) is 13.7. The van der Waals surface area contributed by atoms with Crippen molar-refractivity contribution in [2.45, 2.75) is 12.8 Å². The van der Waals surface area contributed by atoms with Crippen molar-refractivity contribution < 1.29 is 18.3 Å². The lowest BCUT2D eigenvalue weighted by atomic mass is 10.2. The van der Waals surface area contributed by atoms with Gasteiger partial charge in [-0.25, -0.2) is 8.78 Å². The van der Waals surface area contributed by atoms with E-state index in [0.717, 1.165) is 17.0 Å². The number of ketones is 1. The molecule has 2 nitrogen and oxygen atoms in total. The van der Waals surface area contributed by atoms with Crippen LogP contribution in [0.3, 0.4) is 0 Å². The molecule has 2 rings (SSSR count). The summed E-state index contributed by atoms with van der Waals surface area (Å²) in [6.45, 7) is 0.294. The van der Waals surface area contributed by atoms with Gasteiger partial charge in [0.2, 0.25) is 0 Å². The first-order valence-electron chi connectivity index (χ1n) is 5.81. The van der Waals surface area contributed by atoms with Crippen molar-refractivity contribution in [2.24, 2.45) is 0 Å². The average molecular weight is 282 g/mol. The number of benzene rings is 1. The van der Waals surface area contributed by atoms with Crippen LogP contribution in [0.25, 0.3) is 0 Å². The van der Waals surface area contributed by atoms with Gasteiger partial charge in [-0.2, -0.15) is 0 Å². The van der Waals surface area contributed by atoms with Gasteiger partial charge >= 0.3 is 0 Å².